The van der Waals surface area contributed by atoms with Crippen molar-refractivity contribution in [2.24, 2.45) is 10.9 Å². The van der Waals surface area contributed by atoms with Gasteiger partial charge in [0.15, 0.2) is 5.84 Å². The lowest BCUT2D eigenvalue weighted by Crippen LogP contribution is -2.45. The fraction of sp³-hybridized carbons (Fsp3) is 0.571. The van der Waals surface area contributed by atoms with Gasteiger partial charge in [-0.05, 0) is 50.9 Å². The van der Waals surface area contributed by atoms with Gasteiger partial charge in [0, 0.05) is 17.7 Å². The molecule has 2 unspecified atom stereocenters. The van der Waals surface area contributed by atoms with Gasteiger partial charge in [0.2, 0.25) is 0 Å². The number of amidine groups is 1. The van der Waals surface area contributed by atoms with Crippen LogP contribution >= 0.6 is 0 Å². The highest BCUT2D eigenvalue weighted by Gasteiger charge is 2.48. The third-order valence-electron chi connectivity index (χ3n) is 4.97. The van der Waals surface area contributed by atoms with Crippen molar-refractivity contribution >= 4 is 5.84 Å². The number of aromatic nitrogens is 1. The van der Waals surface area contributed by atoms with Crippen LogP contribution in [0.25, 0.3) is 0 Å². The molecule has 2 aliphatic rings. The van der Waals surface area contributed by atoms with Crippen molar-refractivity contribution in [1.82, 2.24) is 9.88 Å². The Bertz CT molecular complexity index is 495. The van der Waals surface area contributed by atoms with E-state index in [9.17, 15) is 0 Å². The van der Waals surface area contributed by atoms with Crippen molar-refractivity contribution in [1.29, 1.82) is 0 Å². The number of rotatable bonds is 2. The quantitative estimate of drug-likeness (QED) is 0.364. The van der Waals surface area contributed by atoms with Gasteiger partial charge in [-0.3, -0.25) is 9.88 Å². The van der Waals surface area contributed by atoms with E-state index in [-0.39, 0.29) is 11.3 Å². The molecule has 5 nitrogen and oxygen atoms in total. The molecule has 2 bridgehead atoms. The largest absolute Gasteiger partial charge is 0.409 e. The first-order chi connectivity index (χ1) is 9.17. The molecule has 1 aromatic heterocycles. The molecule has 19 heavy (non-hydrogen) atoms. The molecule has 0 aliphatic carbocycles. The molecule has 3 atom stereocenters. The molecule has 2 saturated heterocycles. The van der Waals surface area contributed by atoms with E-state index in [4.69, 9.17) is 10.9 Å². The van der Waals surface area contributed by atoms with Gasteiger partial charge in [-0.2, -0.15) is 0 Å². The third-order valence-corrected chi connectivity index (χ3v) is 4.97. The summed E-state index contributed by atoms with van der Waals surface area (Å²) in [5.41, 5.74) is 7.62. The number of hydrogen-bond acceptors (Lipinski definition) is 4. The maximum Gasteiger partial charge on any atom is 0.188 e. The van der Waals surface area contributed by atoms with E-state index < -0.39 is 0 Å². The number of nitrogens with two attached hydrogens (primary N) is 1. The van der Waals surface area contributed by atoms with Gasteiger partial charge in [0.1, 0.15) is 5.69 Å². The van der Waals surface area contributed by atoms with Crippen molar-refractivity contribution < 1.29 is 5.21 Å². The van der Waals surface area contributed by atoms with E-state index in [2.05, 4.69) is 28.0 Å². The highest BCUT2D eigenvalue weighted by molar-refractivity contribution is 5.95. The second-order valence-electron chi connectivity index (χ2n) is 5.64. The summed E-state index contributed by atoms with van der Waals surface area (Å²) < 4.78 is 0. The van der Waals surface area contributed by atoms with Crippen molar-refractivity contribution in [2.45, 2.75) is 37.6 Å². The van der Waals surface area contributed by atoms with Gasteiger partial charge in [-0.25, -0.2) is 0 Å². The average molecular weight is 260 g/mol. The van der Waals surface area contributed by atoms with Crippen molar-refractivity contribution in [2.75, 3.05) is 13.1 Å². The van der Waals surface area contributed by atoms with E-state index in [0.717, 1.165) is 0 Å². The lowest BCUT2D eigenvalue weighted by molar-refractivity contribution is 0.164. The predicted octanol–water partition coefficient (Wildman–Crippen LogP) is 1.30. The SMILES string of the molecule is C[C@@H]1N2CCCC1(c1ccc(C(N)=NO)nc1)CC2. The molecule has 0 spiro atoms. The van der Waals surface area contributed by atoms with Gasteiger partial charge >= 0.3 is 0 Å². The van der Waals surface area contributed by atoms with Crippen molar-refractivity contribution in [3.8, 4) is 0 Å². The van der Waals surface area contributed by atoms with Crippen LogP contribution < -0.4 is 5.73 Å². The molecule has 2 aliphatic heterocycles. The monoisotopic (exact) mass is 260 g/mol. The Morgan fingerprint density at radius 1 is 1.47 bits per heavy atom. The summed E-state index contributed by atoms with van der Waals surface area (Å²) >= 11 is 0. The van der Waals surface area contributed by atoms with Crippen LogP contribution in [-0.4, -0.2) is 40.1 Å². The Morgan fingerprint density at radius 2 is 2.32 bits per heavy atom. The zero-order valence-electron chi connectivity index (χ0n) is 11.2. The summed E-state index contributed by atoms with van der Waals surface area (Å²) in [7, 11) is 0. The molecule has 2 fully saturated rings. The third kappa shape index (κ3) is 1.80. The highest BCUT2D eigenvalue weighted by atomic mass is 16.4. The molecule has 0 amide bonds. The average Bonchev–Trinajstić information content (AvgIpc) is 2.66. The Labute approximate surface area is 113 Å². The first-order valence-corrected chi connectivity index (χ1v) is 6.86. The maximum atomic E-state index is 8.67. The first-order valence-electron chi connectivity index (χ1n) is 6.86. The number of fused-ring (bicyclic) bond motifs is 2. The Hall–Kier alpha value is -1.62. The molecule has 3 N–H and O–H groups in total. The van der Waals surface area contributed by atoms with E-state index >= 15 is 0 Å². The molecule has 0 aromatic carbocycles. The Kier molecular flexibility index (Phi) is 2.93. The van der Waals surface area contributed by atoms with Crippen LogP contribution in [0.3, 0.4) is 0 Å². The van der Waals surface area contributed by atoms with Gasteiger partial charge in [-0.1, -0.05) is 11.2 Å². The number of oxime groups is 1. The molecular formula is C14H20N4O. The molecule has 3 rings (SSSR count). The minimum absolute atomic E-state index is 0.0637. The summed E-state index contributed by atoms with van der Waals surface area (Å²) in [5, 5.41) is 11.7. The van der Waals surface area contributed by atoms with Crippen LogP contribution in [0.1, 0.15) is 37.4 Å². The van der Waals surface area contributed by atoms with E-state index in [1.165, 1.54) is 37.9 Å². The van der Waals surface area contributed by atoms with Crippen LogP contribution in [-0.2, 0) is 5.41 Å². The van der Waals surface area contributed by atoms with Crippen LogP contribution in [0, 0.1) is 0 Å². The van der Waals surface area contributed by atoms with E-state index in [1.807, 2.05) is 12.3 Å². The second kappa shape index (κ2) is 4.49. The van der Waals surface area contributed by atoms with E-state index in [1.54, 1.807) is 0 Å². The summed E-state index contributed by atoms with van der Waals surface area (Å²) in [4.78, 5) is 6.91. The van der Waals surface area contributed by atoms with Gasteiger partial charge in [0.05, 0.1) is 0 Å². The van der Waals surface area contributed by atoms with Crippen LogP contribution in [0.2, 0.25) is 0 Å². The van der Waals surface area contributed by atoms with Crippen molar-refractivity contribution in [3.05, 3.63) is 29.6 Å². The smallest absolute Gasteiger partial charge is 0.188 e. The predicted molar refractivity (Wildman–Crippen MR) is 73.3 cm³/mol. The van der Waals surface area contributed by atoms with Crippen LogP contribution in [0.4, 0.5) is 0 Å². The maximum absolute atomic E-state index is 8.67. The Morgan fingerprint density at radius 3 is 3.00 bits per heavy atom. The molecule has 102 valence electrons. The standard InChI is InChI=1S/C14H20N4O/c1-10-14(5-2-7-18(10)8-6-14)11-3-4-12(16-9-11)13(15)17-19/h3-4,9-10,19H,2,5-8H2,1H3,(H2,15,17)/t10-,14?/m0/s1. The molecule has 0 saturated carbocycles. The van der Waals surface area contributed by atoms with Crippen molar-refractivity contribution in [3.63, 3.8) is 0 Å². The molecule has 3 heterocycles. The van der Waals surface area contributed by atoms with Gasteiger partial charge < -0.3 is 10.9 Å². The number of hydrogen-bond donors (Lipinski definition) is 2. The number of pyridine rings is 1. The van der Waals surface area contributed by atoms with Crippen LogP contribution in [0.15, 0.2) is 23.5 Å². The zero-order valence-corrected chi connectivity index (χ0v) is 11.2. The molecular weight excluding hydrogens is 240 g/mol. The zero-order chi connectivity index (χ0) is 13.5. The van der Waals surface area contributed by atoms with Gasteiger partial charge in [0.25, 0.3) is 0 Å². The lowest BCUT2D eigenvalue weighted by atomic mass is 9.70. The highest BCUT2D eigenvalue weighted by Crippen LogP contribution is 2.46. The summed E-state index contributed by atoms with van der Waals surface area (Å²) in [6.07, 6.45) is 5.60. The molecule has 0 radical (unpaired) electrons. The number of piperidine rings is 1. The molecule has 5 heteroatoms. The van der Waals surface area contributed by atoms with E-state index in [0.29, 0.717) is 11.7 Å². The minimum atomic E-state index is 0.0637. The number of nitrogens with zero attached hydrogens (tertiary/aromatic N) is 3. The molecule has 1 aromatic rings. The fourth-order valence-electron chi connectivity index (χ4n) is 3.75. The van der Waals surface area contributed by atoms with Gasteiger partial charge in [-0.15, -0.1) is 0 Å². The fourth-order valence-corrected chi connectivity index (χ4v) is 3.75. The second-order valence-corrected chi connectivity index (χ2v) is 5.64. The first kappa shape index (κ1) is 12.4. The summed E-state index contributed by atoms with van der Waals surface area (Å²) in [6, 6.07) is 4.52. The minimum Gasteiger partial charge on any atom is -0.409 e. The normalized spacial score (nSPS) is 34.5. The summed E-state index contributed by atoms with van der Waals surface area (Å²) in [6.45, 7) is 4.73. The lowest BCUT2D eigenvalue weighted by Gasteiger charge is -2.40. The Balaban J connectivity index is 1.94. The summed E-state index contributed by atoms with van der Waals surface area (Å²) in [5.74, 6) is 0.0637. The topological polar surface area (TPSA) is 74.7 Å². The van der Waals surface area contributed by atoms with Crippen LogP contribution in [0.5, 0.6) is 0 Å².